The maximum absolute atomic E-state index is 11.7. The standard InChI is InChI=1S/C11H13N3O4S/c1-2-6-4-12-9(19-6)5-13-10(15)8-3-7(11(16)17)14-18-8/h4,8H,2-3,5H2,1H3,(H,13,15)(H,16,17). The molecule has 2 rings (SSSR count). The quantitative estimate of drug-likeness (QED) is 0.822. The van der Waals surface area contributed by atoms with Gasteiger partial charge in [0.05, 0.1) is 6.54 Å². The van der Waals surface area contributed by atoms with Crippen LogP contribution >= 0.6 is 11.3 Å². The molecule has 102 valence electrons. The summed E-state index contributed by atoms with van der Waals surface area (Å²) in [5.41, 5.74) is -0.136. The second-order valence-electron chi connectivity index (χ2n) is 3.93. The van der Waals surface area contributed by atoms with E-state index in [0.717, 1.165) is 16.3 Å². The van der Waals surface area contributed by atoms with Gasteiger partial charge in [-0.15, -0.1) is 11.3 Å². The predicted octanol–water partition coefficient (Wildman–Crippen LogP) is 0.551. The summed E-state index contributed by atoms with van der Waals surface area (Å²) in [5, 5.41) is 15.5. The normalized spacial score (nSPS) is 17.7. The number of hydrogen-bond donors (Lipinski definition) is 2. The fourth-order valence-corrected chi connectivity index (χ4v) is 2.32. The van der Waals surface area contributed by atoms with E-state index in [2.05, 4.69) is 15.5 Å². The van der Waals surface area contributed by atoms with Crippen molar-refractivity contribution in [1.29, 1.82) is 0 Å². The van der Waals surface area contributed by atoms with E-state index in [4.69, 9.17) is 9.94 Å². The van der Waals surface area contributed by atoms with E-state index in [1.807, 2.05) is 6.92 Å². The van der Waals surface area contributed by atoms with Crippen molar-refractivity contribution in [2.24, 2.45) is 5.16 Å². The van der Waals surface area contributed by atoms with E-state index in [9.17, 15) is 9.59 Å². The van der Waals surface area contributed by atoms with Crippen LogP contribution in [0.2, 0.25) is 0 Å². The minimum atomic E-state index is -1.16. The van der Waals surface area contributed by atoms with Gasteiger partial charge in [0.1, 0.15) is 5.01 Å². The number of carbonyl (C=O) groups is 2. The lowest BCUT2D eigenvalue weighted by Gasteiger charge is -2.07. The van der Waals surface area contributed by atoms with Crippen molar-refractivity contribution in [2.75, 3.05) is 0 Å². The second-order valence-corrected chi connectivity index (χ2v) is 5.13. The molecule has 1 unspecified atom stereocenters. The first-order valence-corrected chi connectivity index (χ1v) is 6.59. The van der Waals surface area contributed by atoms with Gasteiger partial charge in [-0.2, -0.15) is 0 Å². The number of aliphatic carboxylic acids is 1. The number of nitrogens with one attached hydrogen (secondary N) is 1. The molecular weight excluding hydrogens is 270 g/mol. The molecular formula is C11H13N3O4S. The number of aromatic nitrogens is 1. The topological polar surface area (TPSA) is 101 Å². The third-order valence-electron chi connectivity index (χ3n) is 2.57. The Balaban J connectivity index is 1.81. The van der Waals surface area contributed by atoms with Gasteiger partial charge >= 0.3 is 5.97 Å². The first-order valence-electron chi connectivity index (χ1n) is 5.77. The average Bonchev–Trinajstić information content (AvgIpc) is 3.04. The zero-order chi connectivity index (χ0) is 13.8. The number of nitrogens with zero attached hydrogens (tertiary/aromatic N) is 2. The number of carboxylic acids is 1. The zero-order valence-electron chi connectivity index (χ0n) is 10.3. The van der Waals surface area contributed by atoms with E-state index < -0.39 is 12.1 Å². The smallest absolute Gasteiger partial charge is 0.353 e. The number of carboxylic acid groups (broad SMARTS) is 1. The van der Waals surface area contributed by atoms with Crippen molar-refractivity contribution < 1.29 is 19.5 Å². The molecule has 0 saturated carbocycles. The largest absolute Gasteiger partial charge is 0.477 e. The van der Waals surface area contributed by atoms with Gasteiger partial charge in [-0.1, -0.05) is 12.1 Å². The Bertz CT molecular complexity index is 526. The maximum Gasteiger partial charge on any atom is 0.353 e. The van der Waals surface area contributed by atoms with Crippen LogP contribution in [0, 0.1) is 0 Å². The van der Waals surface area contributed by atoms with Gasteiger partial charge in [-0.05, 0) is 6.42 Å². The molecule has 0 spiro atoms. The van der Waals surface area contributed by atoms with Crippen LogP contribution in [-0.4, -0.2) is 33.8 Å². The molecule has 8 heteroatoms. The van der Waals surface area contributed by atoms with E-state index in [1.165, 1.54) is 11.3 Å². The summed E-state index contributed by atoms with van der Waals surface area (Å²) in [6.45, 7) is 2.35. The molecule has 1 atom stereocenters. The molecule has 0 radical (unpaired) electrons. The van der Waals surface area contributed by atoms with Crippen molar-refractivity contribution in [3.8, 4) is 0 Å². The van der Waals surface area contributed by atoms with E-state index in [1.54, 1.807) is 6.20 Å². The fourth-order valence-electron chi connectivity index (χ4n) is 1.51. The van der Waals surface area contributed by atoms with Gasteiger partial charge in [0.15, 0.2) is 5.71 Å². The number of hydrogen-bond acceptors (Lipinski definition) is 6. The summed E-state index contributed by atoms with van der Waals surface area (Å²) in [6.07, 6.45) is 1.81. The summed E-state index contributed by atoms with van der Waals surface area (Å²) < 4.78 is 0. The van der Waals surface area contributed by atoms with Gasteiger partial charge in [0.2, 0.25) is 6.10 Å². The summed E-state index contributed by atoms with van der Waals surface area (Å²) in [5.74, 6) is -1.55. The molecule has 1 amide bonds. The highest BCUT2D eigenvalue weighted by Gasteiger charge is 2.31. The molecule has 1 aromatic rings. The third-order valence-corrected chi connectivity index (χ3v) is 3.71. The Hall–Kier alpha value is -1.96. The fraction of sp³-hybridized carbons (Fsp3) is 0.455. The van der Waals surface area contributed by atoms with Crippen LogP contribution in [0.3, 0.4) is 0 Å². The molecule has 1 aliphatic rings. The molecule has 2 heterocycles. The number of aryl methyl sites for hydroxylation is 1. The minimum absolute atomic E-state index is 0.0146. The third kappa shape index (κ3) is 3.28. The van der Waals surface area contributed by atoms with Crippen LogP contribution in [0.15, 0.2) is 11.4 Å². The SMILES string of the molecule is CCc1cnc(CNC(=O)C2CC(C(=O)O)=NO2)s1. The summed E-state index contributed by atoms with van der Waals surface area (Å²) in [7, 11) is 0. The van der Waals surface area contributed by atoms with E-state index in [-0.39, 0.29) is 18.0 Å². The van der Waals surface area contributed by atoms with Crippen molar-refractivity contribution >= 4 is 28.9 Å². The van der Waals surface area contributed by atoms with Gasteiger partial charge in [0.25, 0.3) is 5.91 Å². The Kier molecular flexibility index (Phi) is 4.10. The Labute approximate surface area is 113 Å². The van der Waals surface area contributed by atoms with E-state index >= 15 is 0 Å². The van der Waals surface area contributed by atoms with Crippen LogP contribution in [-0.2, 0) is 27.4 Å². The first kappa shape index (κ1) is 13.5. The van der Waals surface area contributed by atoms with Crippen molar-refractivity contribution in [3.63, 3.8) is 0 Å². The molecule has 7 nitrogen and oxygen atoms in total. The van der Waals surface area contributed by atoms with E-state index in [0.29, 0.717) is 6.54 Å². The highest BCUT2D eigenvalue weighted by molar-refractivity contribution is 7.11. The van der Waals surface area contributed by atoms with Gasteiger partial charge in [0, 0.05) is 17.5 Å². The lowest BCUT2D eigenvalue weighted by Crippen LogP contribution is -2.34. The highest BCUT2D eigenvalue weighted by Crippen LogP contribution is 2.14. The molecule has 0 fully saturated rings. The maximum atomic E-state index is 11.7. The summed E-state index contributed by atoms with van der Waals surface area (Å²) in [4.78, 5) is 32.5. The number of oxime groups is 1. The number of rotatable bonds is 5. The Morgan fingerprint density at radius 2 is 2.42 bits per heavy atom. The number of carbonyl (C=O) groups excluding carboxylic acids is 1. The molecule has 1 aromatic heterocycles. The summed E-state index contributed by atoms with van der Waals surface area (Å²) >= 11 is 1.53. The van der Waals surface area contributed by atoms with Crippen LogP contribution < -0.4 is 5.32 Å². The van der Waals surface area contributed by atoms with Crippen molar-refractivity contribution in [1.82, 2.24) is 10.3 Å². The van der Waals surface area contributed by atoms with Crippen LogP contribution in [0.1, 0.15) is 23.2 Å². The predicted molar refractivity (Wildman–Crippen MR) is 67.9 cm³/mol. The zero-order valence-corrected chi connectivity index (χ0v) is 11.1. The molecule has 1 aliphatic heterocycles. The van der Waals surface area contributed by atoms with Gasteiger partial charge in [-0.3, -0.25) is 4.79 Å². The van der Waals surface area contributed by atoms with Crippen molar-refractivity contribution in [3.05, 3.63) is 16.1 Å². The second kappa shape index (κ2) is 5.79. The lowest BCUT2D eigenvalue weighted by molar-refractivity contribution is -0.131. The highest BCUT2D eigenvalue weighted by atomic mass is 32.1. The van der Waals surface area contributed by atoms with Crippen LogP contribution in [0.25, 0.3) is 0 Å². The lowest BCUT2D eigenvalue weighted by atomic mass is 10.2. The number of amides is 1. The molecule has 0 saturated heterocycles. The monoisotopic (exact) mass is 283 g/mol. The molecule has 0 bridgehead atoms. The molecule has 2 N–H and O–H groups in total. The minimum Gasteiger partial charge on any atom is -0.477 e. The molecule has 0 aliphatic carbocycles. The Morgan fingerprint density at radius 1 is 1.63 bits per heavy atom. The molecule has 0 aromatic carbocycles. The van der Waals surface area contributed by atoms with Gasteiger partial charge < -0.3 is 15.3 Å². The van der Waals surface area contributed by atoms with Crippen molar-refractivity contribution in [2.45, 2.75) is 32.4 Å². The number of thiazole rings is 1. The van der Waals surface area contributed by atoms with Crippen LogP contribution in [0.4, 0.5) is 0 Å². The van der Waals surface area contributed by atoms with Gasteiger partial charge in [-0.25, -0.2) is 9.78 Å². The first-order chi connectivity index (χ1) is 9.10. The average molecular weight is 283 g/mol. The Morgan fingerprint density at radius 3 is 3.00 bits per heavy atom. The van der Waals surface area contributed by atoms with Crippen LogP contribution in [0.5, 0.6) is 0 Å². The summed E-state index contributed by atoms with van der Waals surface area (Å²) in [6, 6.07) is 0. The molecule has 19 heavy (non-hydrogen) atoms.